The van der Waals surface area contributed by atoms with Crippen LogP contribution in [0.2, 0.25) is 0 Å². The Morgan fingerprint density at radius 3 is 1.54 bits per heavy atom. The summed E-state index contributed by atoms with van der Waals surface area (Å²) in [6.07, 6.45) is 2.84. The van der Waals surface area contributed by atoms with E-state index in [9.17, 15) is 9.59 Å². The van der Waals surface area contributed by atoms with Gasteiger partial charge in [-0.25, -0.2) is 9.97 Å². The lowest BCUT2D eigenvalue weighted by molar-refractivity contribution is 1.17. The molecule has 0 unspecified atom stereocenters. The fourth-order valence-electron chi connectivity index (χ4n) is 2.36. The van der Waals surface area contributed by atoms with Crippen molar-refractivity contribution in [1.82, 2.24) is 19.9 Å². The van der Waals surface area contributed by atoms with Crippen molar-refractivity contribution in [2.45, 2.75) is 13.8 Å². The summed E-state index contributed by atoms with van der Waals surface area (Å²) in [6.45, 7) is 3.95. The Morgan fingerprint density at radius 1 is 0.708 bits per heavy atom. The molecule has 0 saturated carbocycles. The summed E-state index contributed by atoms with van der Waals surface area (Å²) in [4.78, 5) is 35.5. The number of hydrogen-bond donors (Lipinski definition) is 2. The highest BCUT2D eigenvalue weighted by molar-refractivity contribution is 5.78. The Morgan fingerprint density at radius 2 is 1.12 bits per heavy atom. The summed E-state index contributed by atoms with van der Waals surface area (Å²) < 4.78 is 0. The minimum Gasteiger partial charge on any atom is -0.313 e. The molecule has 0 aliphatic rings. The van der Waals surface area contributed by atoms with Crippen molar-refractivity contribution >= 4 is 21.8 Å². The van der Waals surface area contributed by atoms with Gasteiger partial charge in [0.15, 0.2) is 0 Å². The van der Waals surface area contributed by atoms with E-state index in [-0.39, 0.29) is 11.1 Å². The maximum absolute atomic E-state index is 11.2. The number of nitrogens with one attached hydrogen (secondary N) is 2. The van der Waals surface area contributed by atoms with E-state index in [0.717, 1.165) is 22.2 Å². The molecule has 4 aromatic rings. The molecule has 0 bridgehead atoms. The largest absolute Gasteiger partial charge is 0.313 e. The Bertz CT molecular complexity index is 1040. The van der Waals surface area contributed by atoms with E-state index < -0.39 is 0 Å². The monoisotopic (exact) mass is 320 g/mol. The van der Waals surface area contributed by atoms with Crippen molar-refractivity contribution in [1.29, 1.82) is 0 Å². The zero-order valence-corrected chi connectivity index (χ0v) is 13.3. The van der Waals surface area contributed by atoms with E-state index in [1.54, 1.807) is 12.1 Å². The Kier molecular flexibility index (Phi) is 4.20. The van der Waals surface area contributed by atoms with Crippen LogP contribution in [-0.2, 0) is 0 Å². The van der Waals surface area contributed by atoms with Crippen molar-refractivity contribution in [3.8, 4) is 0 Å². The van der Waals surface area contributed by atoms with Crippen LogP contribution in [0.5, 0.6) is 0 Å². The molecule has 0 aliphatic carbocycles. The van der Waals surface area contributed by atoms with Gasteiger partial charge in [0.2, 0.25) is 0 Å². The van der Waals surface area contributed by atoms with Gasteiger partial charge in [0, 0.05) is 0 Å². The number of aromatic nitrogens is 4. The van der Waals surface area contributed by atoms with Gasteiger partial charge in [-0.05, 0) is 49.2 Å². The lowest BCUT2D eigenvalue weighted by Gasteiger charge is -1.95. The van der Waals surface area contributed by atoms with Crippen LogP contribution in [0.25, 0.3) is 21.8 Å². The third kappa shape index (κ3) is 3.22. The minimum absolute atomic E-state index is 0.0833. The van der Waals surface area contributed by atoms with Crippen molar-refractivity contribution in [3.63, 3.8) is 0 Å². The maximum atomic E-state index is 11.2. The first-order chi connectivity index (χ1) is 11.5. The topological polar surface area (TPSA) is 91.5 Å². The molecular formula is C18H16N4O2. The molecule has 0 fully saturated rings. The number of aryl methyl sites for hydroxylation is 2. The first kappa shape index (κ1) is 15.6. The molecule has 4 rings (SSSR count). The Hall–Kier alpha value is -3.28. The van der Waals surface area contributed by atoms with E-state index in [1.165, 1.54) is 12.7 Å². The fraction of sp³-hybridized carbons (Fsp3) is 0.111. The van der Waals surface area contributed by atoms with Gasteiger partial charge in [0.1, 0.15) is 0 Å². The standard InChI is InChI=1S/2C9H8N2O/c2*1-6-2-3-7-8(4-6)10-5-11-9(7)12/h2*2-5H,1H3,(H,10,11,12). The molecule has 6 heteroatoms. The van der Waals surface area contributed by atoms with Crippen LogP contribution in [0, 0.1) is 13.8 Å². The zero-order chi connectivity index (χ0) is 17.1. The molecule has 24 heavy (non-hydrogen) atoms. The maximum Gasteiger partial charge on any atom is 0.258 e. The molecule has 2 aromatic heterocycles. The molecule has 6 nitrogen and oxygen atoms in total. The van der Waals surface area contributed by atoms with Crippen LogP contribution in [-0.4, -0.2) is 19.9 Å². The van der Waals surface area contributed by atoms with Gasteiger partial charge in [-0.1, -0.05) is 12.1 Å². The summed E-state index contributed by atoms with van der Waals surface area (Å²) in [5.41, 5.74) is 3.55. The third-order valence-electron chi connectivity index (χ3n) is 3.59. The van der Waals surface area contributed by atoms with Gasteiger partial charge in [0.05, 0.1) is 34.5 Å². The average molecular weight is 320 g/mol. The predicted molar refractivity (Wildman–Crippen MR) is 94.2 cm³/mol. The summed E-state index contributed by atoms with van der Waals surface area (Å²) in [7, 11) is 0. The van der Waals surface area contributed by atoms with E-state index in [0.29, 0.717) is 10.8 Å². The van der Waals surface area contributed by atoms with Gasteiger partial charge in [-0.2, -0.15) is 0 Å². The summed E-state index contributed by atoms with van der Waals surface area (Å²) in [5, 5.41) is 1.28. The van der Waals surface area contributed by atoms with E-state index in [1.807, 2.05) is 38.1 Å². The Balaban J connectivity index is 0.000000141. The molecule has 120 valence electrons. The summed E-state index contributed by atoms with van der Waals surface area (Å²) in [5.74, 6) is 0. The highest BCUT2D eigenvalue weighted by atomic mass is 16.1. The van der Waals surface area contributed by atoms with Crippen molar-refractivity contribution in [3.05, 3.63) is 80.9 Å². The number of rotatable bonds is 0. The molecule has 0 spiro atoms. The van der Waals surface area contributed by atoms with Crippen LogP contribution in [0.1, 0.15) is 11.1 Å². The highest BCUT2D eigenvalue weighted by Crippen LogP contribution is 2.08. The quantitative estimate of drug-likeness (QED) is 0.520. The van der Waals surface area contributed by atoms with E-state index in [4.69, 9.17) is 0 Å². The van der Waals surface area contributed by atoms with Crippen LogP contribution < -0.4 is 11.1 Å². The first-order valence-corrected chi connectivity index (χ1v) is 7.43. The fourth-order valence-corrected chi connectivity index (χ4v) is 2.36. The molecule has 0 radical (unpaired) electrons. The number of nitrogens with zero attached hydrogens (tertiary/aromatic N) is 2. The Labute approximate surface area is 137 Å². The first-order valence-electron chi connectivity index (χ1n) is 7.43. The highest BCUT2D eigenvalue weighted by Gasteiger charge is 1.98. The number of fused-ring (bicyclic) bond motifs is 2. The predicted octanol–water partition coefficient (Wildman–Crippen LogP) is 2.46. The average Bonchev–Trinajstić information content (AvgIpc) is 2.55. The number of aromatic amines is 2. The third-order valence-corrected chi connectivity index (χ3v) is 3.59. The molecule has 2 heterocycles. The molecule has 2 N–H and O–H groups in total. The van der Waals surface area contributed by atoms with Gasteiger partial charge in [-0.3, -0.25) is 9.59 Å². The normalized spacial score (nSPS) is 10.4. The van der Waals surface area contributed by atoms with Gasteiger partial charge >= 0.3 is 0 Å². The van der Waals surface area contributed by atoms with Crippen LogP contribution >= 0.6 is 0 Å². The smallest absolute Gasteiger partial charge is 0.258 e. The second-order valence-electron chi connectivity index (χ2n) is 5.50. The number of benzene rings is 2. The van der Waals surface area contributed by atoms with Gasteiger partial charge in [-0.15, -0.1) is 0 Å². The van der Waals surface area contributed by atoms with Crippen LogP contribution in [0.3, 0.4) is 0 Å². The molecule has 0 amide bonds. The number of H-pyrrole nitrogens is 2. The molecule has 2 aromatic carbocycles. The van der Waals surface area contributed by atoms with Crippen LogP contribution in [0.15, 0.2) is 58.6 Å². The second kappa shape index (κ2) is 6.45. The summed E-state index contributed by atoms with van der Waals surface area (Å²) >= 11 is 0. The molecule has 0 saturated heterocycles. The van der Waals surface area contributed by atoms with Crippen LogP contribution in [0.4, 0.5) is 0 Å². The van der Waals surface area contributed by atoms with E-state index >= 15 is 0 Å². The zero-order valence-electron chi connectivity index (χ0n) is 13.3. The second-order valence-corrected chi connectivity index (χ2v) is 5.50. The van der Waals surface area contributed by atoms with Gasteiger partial charge in [0.25, 0.3) is 11.1 Å². The summed E-state index contributed by atoms with van der Waals surface area (Å²) in [6, 6.07) is 11.2. The van der Waals surface area contributed by atoms with E-state index in [2.05, 4.69) is 19.9 Å². The molecule has 0 atom stereocenters. The molecule has 0 aliphatic heterocycles. The lowest BCUT2D eigenvalue weighted by atomic mass is 10.2. The van der Waals surface area contributed by atoms with Crippen molar-refractivity contribution < 1.29 is 0 Å². The number of hydrogen-bond acceptors (Lipinski definition) is 4. The van der Waals surface area contributed by atoms with Gasteiger partial charge < -0.3 is 9.97 Å². The molecular weight excluding hydrogens is 304 g/mol. The lowest BCUT2D eigenvalue weighted by Crippen LogP contribution is -2.05. The SMILES string of the molecule is Cc1ccc2c(=O)[nH]cnc2c1.Cc1ccc2c(=O)[nH]cnc2c1. The van der Waals surface area contributed by atoms with Crippen molar-refractivity contribution in [2.75, 3.05) is 0 Å². The minimum atomic E-state index is -0.0833. The van der Waals surface area contributed by atoms with Crippen molar-refractivity contribution in [2.24, 2.45) is 0 Å².